The Morgan fingerprint density at radius 2 is 1.88 bits per heavy atom. The molecule has 0 spiro atoms. The van der Waals surface area contributed by atoms with Gasteiger partial charge in [0.1, 0.15) is 0 Å². The molecule has 0 radical (unpaired) electrons. The average Bonchev–Trinajstić information content (AvgIpc) is 2.49. The van der Waals surface area contributed by atoms with Crippen molar-refractivity contribution in [2.45, 2.75) is 13.1 Å². The molecule has 8 heteroatoms. The van der Waals surface area contributed by atoms with Crippen molar-refractivity contribution in [1.82, 2.24) is 5.32 Å². The van der Waals surface area contributed by atoms with Crippen molar-refractivity contribution >= 4 is 40.5 Å². The quantitative estimate of drug-likeness (QED) is 0.744. The second kappa shape index (κ2) is 7.19. The fourth-order valence-corrected chi connectivity index (χ4v) is 2.24. The van der Waals surface area contributed by atoms with Crippen molar-refractivity contribution < 1.29 is 18.0 Å². The molecule has 0 unspecified atom stereocenters. The highest BCUT2D eigenvalue weighted by Crippen LogP contribution is 2.30. The maximum atomic E-state index is 12.7. The van der Waals surface area contributed by atoms with Crippen LogP contribution < -0.4 is 10.6 Å². The van der Waals surface area contributed by atoms with Gasteiger partial charge in [0, 0.05) is 16.3 Å². The van der Waals surface area contributed by atoms with Crippen LogP contribution in [0.1, 0.15) is 21.5 Å². The first kappa shape index (κ1) is 18.2. The minimum atomic E-state index is -4.46. The molecule has 1 amide bonds. The third-order valence-electron chi connectivity index (χ3n) is 3.11. The zero-order valence-electron chi connectivity index (χ0n) is 12.4. The van der Waals surface area contributed by atoms with Gasteiger partial charge >= 0.3 is 6.18 Å². The fraction of sp³-hybridized carbons (Fsp3) is 0.125. The van der Waals surface area contributed by atoms with Crippen molar-refractivity contribution in [2.75, 3.05) is 5.32 Å². The second-order valence-electron chi connectivity index (χ2n) is 4.95. The van der Waals surface area contributed by atoms with E-state index in [2.05, 4.69) is 10.6 Å². The molecule has 0 saturated heterocycles. The maximum Gasteiger partial charge on any atom is 0.416 e. The van der Waals surface area contributed by atoms with Crippen molar-refractivity contribution in [2.24, 2.45) is 0 Å². The van der Waals surface area contributed by atoms with E-state index in [9.17, 15) is 18.0 Å². The lowest BCUT2D eigenvalue weighted by atomic mass is 10.1. The molecule has 0 atom stereocenters. The van der Waals surface area contributed by atoms with Crippen LogP contribution in [0.4, 0.5) is 18.9 Å². The van der Waals surface area contributed by atoms with Gasteiger partial charge in [0.15, 0.2) is 5.11 Å². The number of amides is 1. The number of anilines is 1. The van der Waals surface area contributed by atoms with Crippen molar-refractivity contribution in [3.63, 3.8) is 0 Å². The highest BCUT2D eigenvalue weighted by atomic mass is 35.5. The van der Waals surface area contributed by atoms with Gasteiger partial charge in [0.05, 0.1) is 5.56 Å². The molecule has 2 rings (SSSR count). The lowest BCUT2D eigenvalue weighted by Crippen LogP contribution is -2.34. The molecule has 0 aromatic heterocycles. The number of rotatable bonds is 2. The van der Waals surface area contributed by atoms with Crippen LogP contribution in [0.25, 0.3) is 0 Å². The molecule has 0 aliphatic rings. The Balaban J connectivity index is 2.05. The van der Waals surface area contributed by atoms with Crippen molar-refractivity contribution in [1.29, 1.82) is 0 Å². The summed E-state index contributed by atoms with van der Waals surface area (Å²) in [6.07, 6.45) is -4.46. The van der Waals surface area contributed by atoms with E-state index < -0.39 is 17.6 Å². The van der Waals surface area contributed by atoms with E-state index in [0.717, 1.165) is 17.7 Å². The number of alkyl halides is 3. The van der Waals surface area contributed by atoms with E-state index in [1.54, 1.807) is 19.1 Å². The Kier molecular flexibility index (Phi) is 5.46. The van der Waals surface area contributed by atoms with Crippen LogP contribution in [0.15, 0.2) is 42.5 Å². The van der Waals surface area contributed by atoms with Gasteiger partial charge in [-0.3, -0.25) is 10.1 Å². The van der Waals surface area contributed by atoms with Crippen LogP contribution in [0.2, 0.25) is 5.02 Å². The van der Waals surface area contributed by atoms with Crippen molar-refractivity contribution in [3.8, 4) is 0 Å². The molecule has 0 saturated carbocycles. The third kappa shape index (κ3) is 4.69. The average molecular weight is 373 g/mol. The molecule has 0 aliphatic carbocycles. The van der Waals surface area contributed by atoms with Gasteiger partial charge in [0.25, 0.3) is 5.91 Å². The highest BCUT2D eigenvalue weighted by molar-refractivity contribution is 7.80. The van der Waals surface area contributed by atoms with Gasteiger partial charge < -0.3 is 5.32 Å². The number of hydrogen-bond acceptors (Lipinski definition) is 2. The first-order chi connectivity index (χ1) is 11.2. The summed E-state index contributed by atoms with van der Waals surface area (Å²) in [5, 5.41) is 5.25. The lowest BCUT2D eigenvalue weighted by Gasteiger charge is -2.12. The summed E-state index contributed by atoms with van der Waals surface area (Å²) in [6.45, 7) is 1.80. The largest absolute Gasteiger partial charge is 0.416 e. The Morgan fingerprint density at radius 3 is 2.50 bits per heavy atom. The minimum absolute atomic E-state index is 0.115. The van der Waals surface area contributed by atoms with E-state index in [-0.39, 0.29) is 10.8 Å². The number of nitrogens with one attached hydrogen (secondary N) is 2. The van der Waals surface area contributed by atoms with Gasteiger partial charge in [-0.05, 0) is 55.0 Å². The summed E-state index contributed by atoms with van der Waals surface area (Å²) < 4.78 is 38.0. The molecule has 0 heterocycles. The molecular weight excluding hydrogens is 361 g/mol. The Bertz CT molecular complexity index is 793. The molecule has 0 aliphatic heterocycles. The first-order valence-electron chi connectivity index (χ1n) is 6.72. The minimum Gasteiger partial charge on any atom is -0.332 e. The number of hydrogen-bond donors (Lipinski definition) is 2. The van der Waals surface area contributed by atoms with Crippen LogP contribution in [0.5, 0.6) is 0 Å². The maximum absolute atomic E-state index is 12.7. The van der Waals surface area contributed by atoms with Gasteiger partial charge in [-0.15, -0.1) is 0 Å². The zero-order valence-corrected chi connectivity index (χ0v) is 13.9. The number of aryl methyl sites for hydroxylation is 1. The third-order valence-corrected chi connectivity index (χ3v) is 3.72. The van der Waals surface area contributed by atoms with Crippen LogP contribution in [0.3, 0.4) is 0 Å². The Hall–Kier alpha value is -2.12. The molecule has 0 bridgehead atoms. The van der Waals surface area contributed by atoms with Crippen LogP contribution in [-0.2, 0) is 6.18 Å². The molecule has 0 fully saturated rings. The summed E-state index contributed by atoms with van der Waals surface area (Å²) in [6, 6.07) is 9.25. The standard InChI is InChI=1S/C16H12ClF3N2OS/c1-9-5-6-10(7-13(9)17)14(23)22-15(24)21-12-4-2-3-11(8-12)16(18,19)20/h2-8H,1H3,(H2,21,22,23,24). The molecule has 2 aromatic carbocycles. The van der Waals surface area contributed by atoms with E-state index >= 15 is 0 Å². The summed E-state index contributed by atoms with van der Waals surface area (Å²) in [5.74, 6) is -0.513. The molecular formula is C16H12ClF3N2OS. The Morgan fingerprint density at radius 1 is 1.17 bits per heavy atom. The topological polar surface area (TPSA) is 41.1 Å². The van der Waals surface area contributed by atoms with Gasteiger partial charge in [-0.2, -0.15) is 13.2 Å². The SMILES string of the molecule is Cc1ccc(C(=O)NC(=S)Nc2cccc(C(F)(F)F)c2)cc1Cl. The van der Waals surface area contributed by atoms with E-state index in [1.165, 1.54) is 18.2 Å². The Labute approximate surface area is 146 Å². The van der Waals surface area contributed by atoms with Crippen molar-refractivity contribution in [3.05, 3.63) is 64.2 Å². The van der Waals surface area contributed by atoms with Gasteiger partial charge in [0.2, 0.25) is 0 Å². The predicted molar refractivity (Wildman–Crippen MR) is 91.3 cm³/mol. The summed E-state index contributed by atoms with van der Waals surface area (Å²) in [4.78, 5) is 12.1. The number of thiocarbonyl (C=S) groups is 1. The summed E-state index contributed by atoms with van der Waals surface area (Å²) >= 11 is 10.9. The molecule has 2 N–H and O–H groups in total. The van der Waals surface area contributed by atoms with E-state index in [4.69, 9.17) is 23.8 Å². The summed E-state index contributed by atoms with van der Waals surface area (Å²) in [5.41, 5.74) is 0.417. The fourth-order valence-electron chi connectivity index (χ4n) is 1.85. The van der Waals surface area contributed by atoms with Gasteiger partial charge in [-0.25, -0.2) is 0 Å². The van der Waals surface area contributed by atoms with Gasteiger partial charge in [-0.1, -0.05) is 23.7 Å². The van der Waals surface area contributed by atoms with E-state index in [0.29, 0.717) is 10.6 Å². The predicted octanol–water partition coefficient (Wildman–Crippen LogP) is 4.79. The number of carbonyl (C=O) groups excluding carboxylic acids is 1. The summed E-state index contributed by atoms with van der Waals surface area (Å²) in [7, 11) is 0. The molecule has 2 aromatic rings. The first-order valence-corrected chi connectivity index (χ1v) is 7.51. The van der Waals surface area contributed by atoms with Crippen LogP contribution in [0, 0.1) is 6.92 Å². The van der Waals surface area contributed by atoms with E-state index in [1.807, 2.05) is 0 Å². The molecule has 3 nitrogen and oxygen atoms in total. The number of halogens is 4. The zero-order chi connectivity index (χ0) is 17.9. The molecule has 24 heavy (non-hydrogen) atoms. The van der Waals surface area contributed by atoms with Crippen LogP contribution in [-0.4, -0.2) is 11.0 Å². The molecule has 126 valence electrons. The second-order valence-corrected chi connectivity index (χ2v) is 5.77. The number of carbonyl (C=O) groups is 1. The highest BCUT2D eigenvalue weighted by Gasteiger charge is 2.30. The lowest BCUT2D eigenvalue weighted by molar-refractivity contribution is -0.137. The normalized spacial score (nSPS) is 11.0. The monoisotopic (exact) mass is 372 g/mol. The number of benzene rings is 2. The van der Waals surface area contributed by atoms with Crippen LogP contribution >= 0.6 is 23.8 Å². The smallest absolute Gasteiger partial charge is 0.332 e.